The lowest BCUT2D eigenvalue weighted by atomic mass is 9.89. The highest BCUT2D eigenvalue weighted by Crippen LogP contribution is 2.33. The molecule has 0 spiro atoms. The summed E-state index contributed by atoms with van der Waals surface area (Å²) < 4.78 is 7.19. The van der Waals surface area contributed by atoms with Gasteiger partial charge in [0.2, 0.25) is 0 Å². The van der Waals surface area contributed by atoms with Crippen molar-refractivity contribution in [3.05, 3.63) is 48.4 Å². The first kappa shape index (κ1) is 18.5. The van der Waals surface area contributed by atoms with E-state index in [0.717, 1.165) is 49.8 Å². The highest BCUT2D eigenvalue weighted by Gasteiger charge is 2.14. The number of hydrogen-bond acceptors (Lipinski definition) is 7. The molecule has 0 atom stereocenters. The van der Waals surface area contributed by atoms with Crippen molar-refractivity contribution >= 4 is 38.0 Å². The topological polar surface area (TPSA) is 59.9 Å². The summed E-state index contributed by atoms with van der Waals surface area (Å²) in [5, 5.41) is 4.54. The zero-order valence-electron chi connectivity index (χ0n) is 16.0. The lowest BCUT2D eigenvalue weighted by Gasteiger charge is -2.21. The maximum atomic E-state index is 6.07. The molecule has 1 N–H and O–H groups in total. The van der Waals surface area contributed by atoms with Crippen molar-refractivity contribution < 1.29 is 4.74 Å². The number of benzene rings is 1. The van der Waals surface area contributed by atoms with Crippen molar-refractivity contribution in [1.82, 2.24) is 15.0 Å². The molecule has 1 fully saturated rings. The van der Waals surface area contributed by atoms with Crippen molar-refractivity contribution in [2.45, 2.75) is 32.1 Å². The van der Waals surface area contributed by atoms with Crippen LogP contribution >= 0.6 is 22.7 Å². The monoisotopic (exact) mass is 422 g/mol. The van der Waals surface area contributed by atoms with Gasteiger partial charge in [-0.1, -0.05) is 30.6 Å². The van der Waals surface area contributed by atoms with Crippen LogP contribution in [0, 0.1) is 5.92 Å². The number of thiazole rings is 2. The molecule has 4 aromatic rings. The van der Waals surface area contributed by atoms with Crippen molar-refractivity contribution in [2.24, 2.45) is 5.92 Å². The zero-order chi connectivity index (χ0) is 19.5. The van der Waals surface area contributed by atoms with Crippen LogP contribution in [0.1, 0.15) is 32.1 Å². The van der Waals surface area contributed by atoms with Gasteiger partial charge in [0, 0.05) is 30.6 Å². The quantitative estimate of drug-likeness (QED) is 0.379. The third-order valence-electron chi connectivity index (χ3n) is 5.29. The predicted octanol–water partition coefficient (Wildman–Crippen LogP) is 6.60. The molecule has 1 aliphatic rings. The van der Waals surface area contributed by atoms with Gasteiger partial charge in [-0.25, -0.2) is 4.98 Å². The number of hydrogen-bond donors (Lipinski definition) is 1. The van der Waals surface area contributed by atoms with E-state index in [-0.39, 0.29) is 0 Å². The molecule has 3 heterocycles. The molecular formula is C22H22N4OS2. The van der Waals surface area contributed by atoms with Gasteiger partial charge in [0.15, 0.2) is 5.13 Å². The lowest BCUT2D eigenvalue weighted by molar-refractivity contribution is 0.373. The normalized spacial score (nSPS) is 14.9. The summed E-state index contributed by atoms with van der Waals surface area (Å²) in [6.07, 6.45) is 12.2. The SMILES string of the molecule is c1ncc(-c2cncc(Oc3ccc4nc(NCC5CCCCC5)sc4c3)c2)s1. The van der Waals surface area contributed by atoms with Crippen LogP contribution < -0.4 is 10.1 Å². The number of pyridine rings is 1. The Hall–Kier alpha value is -2.51. The van der Waals surface area contributed by atoms with Gasteiger partial charge in [0.25, 0.3) is 0 Å². The summed E-state index contributed by atoms with van der Waals surface area (Å²) in [6.45, 7) is 1.03. The standard InChI is InChI=1S/C22H22N4OS2/c1-2-4-15(5-3-1)10-25-22-26-19-7-6-17(9-20(19)29-22)27-18-8-16(11-23-12-18)21-13-24-14-28-21/h6-9,11-15H,1-5,10H2,(H,25,26). The first-order valence-electron chi connectivity index (χ1n) is 10.00. The first-order chi connectivity index (χ1) is 14.3. The van der Waals surface area contributed by atoms with Crippen molar-refractivity contribution in [2.75, 3.05) is 11.9 Å². The molecule has 0 saturated heterocycles. The third-order valence-corrected chi connectivity index (χ3v) is 7.09. The summed E-state index contributed by atoms with van der Waals surface area (Å²) in [4.78, 5) is 14.2. The first-order valence-corrected chi connectivity index (χ1v) is 11.7. The van der Waals surface area contributed by atoms with Crippen LogP contribution in [0.2, 0.25) is 0 Å². The van der Waals surface area contributed by atoms with Crippen LogP contribution in [0.15, 0.2) is 48.4 Å². The van der Waals surface area contributed by atoms with E-state index in [9.17, 15) is 0 Å². The van der Waals surface area contributed by atoms with Gasteiger partial charge >= 0.3 is 0 Å². The fourth-order valence-corrected chi connectivity index (χ4v) is 5.28. The molecule has 1 aromatic carbocycles. The minimum absolute atomic E-state index is 0.718. The molecule has 3 aromatic heterocycles. The number of nitrogens with zero attached hydrogens (tertiary/aromatic N) is 3. The van der Waals surface area contributed by atoms with E-state index in [4.69, 9.17) is 9.72 Å². The number of fused-ring (bicyclic) bond motifs is 1. The molecule has 148 valence electrons. The summed E-state index contributed by atoms with van der Waals surface area (Å²) in [6, 6.07) is 8.03. The van der Waals surface area contributed by atoms with Crippen LogP contribution in [0.5, 0.6) is 11.5 Å². The van der Waals surface area contributed by atoms with Gasteiger partial charge in [0.05, 0.1) is 26.8 Å². The van der Waals surface area contributed by atoms with E-state index in [2.05, 4.69) is 21.4 Å². The highest BCUT2D eigenvalue weighted by atomic mass is 32.1. The van der Waals surface area contributed by atoms with Gasteiger partial charge in [0.1, 0.15) is 11.5 Å². The molecule has 0 bridgehead atoms. The zero-order valence-corrected chi connectivity index (χ0v) is 17.6. The van der Waals surface area contributed by atoms with E-state index in [1.54, 1.807) is 28.9 Å². The fraction of sp³-hybridized carbons (Fsp3) is 0.318. The van der Waals surface area contributed by atoms with Crippen LogP contribution in [0.25, 0.3) is 20.7 Å². The molecule has 1 aliphatic carbocycles. The van der Waals surface area contributed by atoms with Crippen LogP contribution in [-0.4, -0.2) is 21.5 Å². The molecule has 5 nitrogen and oxygen atoms in total. The molecule has 0 aliphatic heterocycles. The van der Waals surface area contributed by atoms with Crippen molar-refractivity contribution in [3.63, 3.8) is 0 Å². The Bertz CT molecular complexity index is 1090. The van der Waals surface area contributed by atoms with E-state index >= 15 is 0 Å². The van der Waals surface area contributed by atoms with E-state index in [0.29, 0.717) is 0 Å². The van der Waals surface area contributed by atoms with Gasteiger partial charge in [-0.15, -0.1) is 11.3 Å². The Morgan fingerprint density at radius 1 is 1.00 bits per heavy atom. The Labute approximate surface area is 177 Å². The molecular weight excluding hydrogens is 400 g/mol. The molecule has 0 unspecified atom stereocenters. The minimum Gasteiger partial charge on any atom is -0.456 e. The van der Waals surface area contributed by atoms with Gasteiger partial charge in [-0.2, -0.15) is 0 Å². The average Bonchev–Trinajstić information content (AvgIpc) is 3.43. The van der Waals surface area contributed by atoms with Crippen molar-refractivity contribution in [1.29, 1.82) is 0 Å². The Morgan fingerprint density at radius 3 is 2.79 bits per heavy atom. The van der Waals surface area contributed by atoms with Gasteiger partial charge < -0.3 is 10.1 Å². The number of nitrogens with one attached hydrogen (secondary N) is 1. The second kappa shape index (κ2) is 8.47. The van der Waals surface area contributed by atoms with E-state index < -0.39 is 0 Å². The molecule has 1 saturated carbocycles. The number of anilines is 1. The second-order valence-corrected chi connectivity index (χ2v) is 9.33. The summed E-state index contributed by atoms with van der Waals surface area (Å²) >= 11 is 3.28. The summed E-state index contributed by atoms with van der Waals surface area (Å²) in [5.41, 5.74) is 3.84. The minimum atomic E-state index is 0.718. The molecule has 0 amide bonds. The Balaban J connectivity index is 1.29. The smallest absolute Gasteiger partial charge is 0.183 e. The average molecular weight is 423 g/mol. The Morgan fingerprint density at radius 2 is 1.93 bits per heavy atom. The molecule has 7 heteroatoms. The van der Waals surface area contributed by atoms with E-state index in [1.165, 1.54) is 32.1 Å². The predicted molar refractivity (Wildman–Crippen MR) is 120 cm³/mol. The fourth-order valence-electron chi connectivity index (χ4n) is 3.77. The maximum Gasteiger partial charge on any atom is 0.183 e. The molecule has 0 radical (unpaired) electrons. The lowest BCUT2D eigenvalue weighted by Crippen LogP contribution is -2.16. The molecule has 5 rings (SSSR count). The second-order valence-electron chi connectivity index (χ2n) is 7.41. The van der Waals surface area contributed by atoms with E-state index in [1.807, 2.05) is 36.1 Å². The van der Waals surface area contributed by atoms with Crippen molar-refractivity contribution in [3.8, 4) is 21.9 Å². The van der Waals surface area contributed by atoms with Gasteiger partial charge in [-0.3, -0.25) is 9.97 Å². The summed E-state index contributed by atoms with van der Waals surface area (Å²) in [7, 11) is 0. The maximum absolute atomic E-state index is 6.07. The Kier molecular flexibility index (Phi) is 5.41. The van der Waals surface area contributed by atoms with Crippen LogP contribution in [-0.2, 0) is 0 Å². The van der Waals surface area contributed by atoms with Crippen LogP contribution in [0.4, 0.5) is 5.13 Å². The highest BCUT2D eigenvalue weighted by molar-refractivity contribution is 7.22. The molecule has 29 heavy (non-hydrogen) atoms. The number of rotatable bonds is 6. The summed E-state index contributed by atoms with van der Waals surface area (Å²) in [5.74, 6) is 2.30. The number of aromatic nitrogens is 3. The third kappa shape index (κ3) is 4.41. The van der Waals surface area contributed by atoms with Gasteiger partial charge in [-0.05, 0) is 37.0 Å². The number of ether oxygens (including phenoxy) is 1. The largest absolute Gasteiger partial charge is 0.456 e. The van der Waals surface area contributed by atoms with Crippen LogP contribution in [0.3, 0.4) is 0 Å².